The lowest BCUT2D eigenvalue weighted by molar-refractivity contribution is -0.116. The minimum absolute atomic E-state index is 0.193. The van der Waals surface area contributed by atoms with E-state index in [1.165, 1.54) is 33.5 Å². The second-order valence-electron chi connectivity index (χ2n) is 6.64. The van der Waals surface area contributed by atoms with Crippen LogP contribution in [0.5, 0.6) is 17.2 Å². The summed E-state index contributed by atoms with van der Waals surface area (Å²) in [7, 11) is 4.57. The molecule has 0 fully saturated rings. The number of aromatic nitrogens is 2. The van der Waals surface area contributed by atoms with Crippen molar-refractivity contribution in [2.75, 3.05) is 21.3 Å². The topological polar surface area (TPSA) is 74.6 Å². The number of ether oxygens (including phenoxy) is 3. The minimum atomic E-state index is -0.388. The first kappa shape index (κ1) is 21.9. The maximum absolute atomic E-state index is 14.5. The maximum atomic E-state index is 14.5. The molecular formula is C23H24FN3O4. The lowest BCUT2D eigenvalue weighted by Crippen LogP contribution is -2.20. The smallest absolute Gasteiger partial charge is 0.244 e. The Labute approximate surface area is 180 Å². The number of nitrogens with zero attached hydrogens (tertiary/aromatic N) is 2. The number of aryl methyl sites for hydroxylation is 1. The molecule has 31 heavy (non-hydrogen) atoms. The number of amides is 1. The molecule has 3 rings (SSSR count). The van der Waals surface area contributed by atoms with E-state index in [9.17, 15) is 9.18 Å². The zero-order valence-electron chi connectivity index (χ0n) is 17.8. The van der Waals surface area contributed by atoms with Gasteiger partial charge in [-0.3, -0.25) is 4.79 Å². The fourth-order valence-electron chi connectivity index (χ4n) is 3.11. The van der Waals surface area contributed by atoms with Crippen LogP contribution in [0.15, 0.2) is 48.8 Å². The first-order chi connectivity index (χ1) is 15.0. The molecule has 3 aromatic rings. The summed E-state index contributed by atoms with van der Waals surface area (Å²) in [5, 5.41) is 2.74. The lowest BCUT2D eigenvalue weighted by atomic mass is 10.1. The highest BCUT2D eigenvalue weighted by Crippen LogP contribution is 2.38. The highest BCUT2D eigenvalue weighted by Gasteiger charge is 2.12. The van der Waals surface area contributed by atoms with Gasteiger partial charge in [0, 0.05) is 25.0 Å². The molecule has 0 unspecified atom stereocenters. The van der Waals surface area contributed by atoms with Crippen molar-refractivity contribution in [3.05, 3.63) is 71.6 Å². The van der Waals surface area contributed by atoms with E-state index in [0.717, 1.165) is 0 Å². The zero-order valence-corrected chi connectivity index (χ0v) is 17.8. The number of nitrogens with one attached hydrogen (secondary N) is 1. The van der Waals surface area contributed by atoms with Gasteiger partial charge in [-0.1, -0.05) is 6.07 Å². The predicted molar refractivity (Wildman–Crippen MR) is 115 cm³/mol. The quantitative estimate of drug-likeness (QED) is 0.558. The van der Waals surface area contributed by atoms with E-state index in [4.69, 9.17) is 14.2 Å². The van der Waals surface area contributed by atoms with Gasteiger partial charge in [0.15, 0.2) is 11.5 Å². The van der Waals surface area contributed by atoms with Gasteiger partial charge in [0.1, 0.15) is 11.6 Å². The number of rotatable bonds is 8. The third-order valence-corrected chi connectivity index (χ3v) is 4.68. The molecule has 0 bridgehead atoms. The summed E-state index contributed by atoms with van der Waals surface area (Å²) in [5.74, 6) is 1.44. The summed E-state index contributed by atoms with van der Waals surface area (Å²) in [6.07, 6.45) is 6.33. The van der Waals surface area contributed by atoms with Gasteiger partial charge in [-0.15, -0.1) is 0 Å². The largest absolute Gasteiger partial charge is 0.493 e. The summed E-state index contributed by atoms with van der Waals surface area (Å²) in [6.45, 7) is 1.99. The zero-order chi connectivity index (χ0) is 22.4. The molecular weight excluding hydrogens is 401 g/mol. The molecule has 1 heterocycles. The van der Waals surface area contributed by atoms with Gasteiger partial charge in [0.05, 0.1) is 27.0 Å². The Morgan fingerprint density at radius 3 is 2.39 bits per heavy atom. The van der Waals surface area contributed by atoms with Crippen LogP contribution in [-0.4, -0.2) is 36.8 Å². The average Bonchev–Trinajstić information content (AvgIpc) is 3.20. The van der Waals surface area contributed by atoms with Gasteiger partial charge in [0.25, 0.3) is 0 Å². The molecule has 7 nitrogen and oxygen atoms in total. The molecule has 0 saturated heterocycles. The highest BCUT2D eigenvalue weighted by molar-refractivity contribution is 5.91. The van der Waals surface area contributed by atoms with Crippen LogP contribution in [0, 0.1) is 12.7 Å². The molecule has 0 atom stereocenters. The van der Waals surface area contributed by atoms with E-state index < -0.39 is 0 Å². The van der Waals surface area contributed by atoms with Crippen LogP contribution in [0.1, 0.15) is 17.0 Å². The van der Waals surface area contributed by atoms with Crippen LogP contribution < -0.4 is 19.5 Å². The number of halogens is 1. The van der Waals surface area contributed by atoms with Crippen molar-refractivity contribution in [3.8, 4) is 22.9 Å². The van der Waals surface area contributed by atoms with Gasteiger partial charge in [-0.05, 0) is 48.4 Å². The van der Waals surface area contributed by atoms with Crippen molar-refractivity contribution in [1.29, 1.82) is 0 Å². The number of carbonyl (C=O) groups excluding carboxylic acids is 1. The number of hydrogen-bond donors (Lipinski definition) is 1. The summed E-state index contributed by atoms with van der Waals surface area (Å²) in [6, 6.07) is 8.30. The van der Waals surface area contributed by atoms with Gasteiger partial charge >= 0.3 is 0 Å². The summed E-state index contributed by atoms with van der Waals surface area (Å²) in [4.78, 5) is 16.3. The van der Waals surface area contributed by atoms with Crippen molar-refractivity contribution in [2.45, 2.75) is 13.5 Å². The second-order valence-corrected chi connectivity index (χ2v) is 6.64. The van der Waals surface area contributed by atoms with E-state index >= 15 is 0 Å². The second kappa shape index (κ2) is 9.80. The summed E-state index contributed by atoms with van der Waals surface area (Å²) < 4.78 is 32.0. The summed E-state index contributed by atoms with van der Waals surface area (Å²) >= 11 is 0. The number of methoxy groups -OCH3 is 3. The Hall–Kier alpha value is -3.81. The van der Waals surface area contributed by atoms with Crippen LogP contribution in [0.25, 0.3) is 11.8 Å². The monoisotopic (exact) mass is 425 g/mol. The highest BCUT2D eigenvalue weighted by atomic mass is 19.1. The first-order valence-corrected chi connectivity index (χ1v) is 9.51. The first-order valence-electron chi connectivity index (χ1n) is 9.51. The molecule has 0 saturated carbocycles. The molecule has 1 N–H and O–H groups in total. The third kappa shape index (κ3) is 5.03. The Morgan fingerprint density at radius 2 is 1.84 bits per heavy atom. The van der Waals surface area contributed by atoms with Crippen molar-refractivity contribution >= 4 is 12.0 Å². The molecule has 1 amide bonds. The maximum Gasteiger partial charge on any atom is 0.244 e. The number of imidazole rings is 1. The van der Waals surface area contributed by atoms with E-state index in [0.29, 0.717) is 39.9 Å². The van der Waals surface area contributed by atoms with Crippen LogP contribution in [-0.2, 0) is 11.3 Å². The average molecular weight is 425 g/mol. The van der Waals surface area contributed by atoms with E-state index in [1.54, 1.807) is 54.2 Å². The number of hydrogen-bond acceptors (Lipinski definition) is 5. The van der Waals surface area contributed by atoms with Crippen molar-refractivity contribution < 1.29 is 23.4 Å². The third-order valence-electron chi connectivity index (χ3n) is 4.68. The molecule has 0 aliphatic carbocycles. The molecule has 0 aliphatic heterocycles. The fraction of sp³-hybridized carbons (Fsp3) is 0.217. The minimum Gasteiger partial charge on any atom is -0.493 e. The van der Waals surface area contributed by atoms with E-state index in [1.807, 2.05) is 0 Å². The standard InChI is InChI=1S/C23H24FN3O4/c1-15-25-9-10-27(15)19-7-5-17(11-18(19)24)14-26-22(28)8-6-16-12-20(29-2)23(31-4)21(13-16)30-3/h5-13H,14H2,1-4H3,(H,26,28). The van der Waals surface area contributed by atoms with E-state index in [-0.39, 0.29) is 18.3 Å². The van der Waals surface area contributed by atoms with Gasteiger partial charge < -0.3 is 24.1 Å². The Bertz CT molecular complexity index is 1080. The molecule has 1 aromatic heterocycles. The Balaban J connectivity index is 1.66. The van der Waals surface area contributed by atoms with Gasteiger partial charge in [-0.25, -0.2) is 9.37 Å². The molecule has 0 radical (unpaired) electrons. The molecule has 8 heteroatoms. The predicted octanol–water partition coefficient (Wildman–Crippen LogP) is 3.68. The SMILES string of the molecule is COc1cc(C=CC(=O)NCc2ccc(-n3ccnc3C)c(F)c2)cc(OC)c1OC. The summed E-state index contributed by atoms with van der Waals surface area (Å²) in [5.41, 5.74) is 1.76. The molecule has 162 valence electrons. The van der Waals surface area contributed by atoms with Crippen molar-refractivity contribution in [1.82, 2.24) is 14.9 Å². The van der Waals surface area contributed by atoms with Crippen LogP contribution >= 0.6 is 0 Å². The molecule has 0 spiro atoms. The van der Waals surface area contributed by atoms with Gasteiger partial charge in [0.2, 0.25) is 11.7 Å². The van der Waals surface area contributed by atoms with Crippen LogP contribution in [0.2, 0.25) is 0 Å². The Morgan fingerprint density at radius 1 is 1.13 bits per heavy atom. The van der Waals surface area contributed by atoms with Crippen LogP contribution in [0.3, 0.4) is 0 Å². The number of carbonyl (C=O) groups is 1. The van der Waals surface area contributed by atoms with E-state index in [2.05, 4.69) is 10.3 Å². The van der Waals surface area contributed by atoms with Crippen LogP contribution in [0.4, 0.5) is 4.39 Å². The Kier molecular flexibility index (Phi) is 6.92. The molecule has 2 aromatic carbocycles. The lowest BCUT2D eigenvalue weighted by Gasteiger charge is -2.12. The van der Waals surface area contributed by atoms with Crippen molar-refractivity contribution in [2.24, 2.45) is 0 Å². The fourth-order valence-corrected chi connectivity index (χ4v) is 3.11. The van der Waals surface area contributed by atoms with Crippen molar-refractivity contribution in [3.63, 3.8) is 0 Å². The number of benzene rings is 2. The molecule has 0 aliphatic rings. The normalized spacial score (nSPS) is 10.9. The van der Waals surface area contributed by atoms with Gasteiger partial charge in [-0.2, -0.15) is 0 Å².